The Balaban J connectivity index is 0. The molecule has 1 N–H and O–H groups in total. The van der Waals surface area contributed by atoms with Gasteiger partial charge in [0.05, 0.1) is 12.4 Å². The molecule has 0 unspecified atom stereocenters. The summed E-state index contributed by atoms with van der Waals surface area (Å²) in [5, 5.41) is 0. The van der Waals surface area contributed by atoms with E-state index in [0.717, 1.165) is 19.3 Å². The number of unbranched alkanes of at least 4 members (excludes halogenated alkanes) is 4. The van der Waals surface area contributed by atoms with Crippen molar-refractivity contribution in [2.45, 2.75) is 65.7 Å². The Morgan fingerprint density at radius 2 is 1.36 bits per heavy atom. The molecule has 0 saturated carbocycles. The van der Waals surface area contributed by atoms with Gasteiger partial charge >= 0.3 is 69.3 Å². The van der Waals surface area contributed by atoms with E-state index >= 15 is 0 Å². The molecule has 11 heteroatoms. The quantitative estimate of drug-likeness (QED) is 0.0773. The van der Waals surface area contributed by atoms with Crippen LogP contribution in [0, 0.1) is 5.41 Å². The number of carbonyl (C=O) groups is 3. The number of rotatable bonds is 17. The van der Waals surface area contributed by atoms with E-state index in [-0.39, 0.29) is 102 Å². The van der Waals surface area contributed by atoms with Gasteiger partial charge in [-0.3, -0.25) is 9.35 Å². The first kappa shape index (κ1) is 34.6. The van der Waals surface area contributed by atoms with E-state index in [1.807, 2.05) is 6.92 Å². The molecular weight excluding hydrogens is 479 g/mol. The van der Waals surface area contributed by atoms with Crippen molar-refractivity contribution in [3.05, 3.63) is 24.3 Å². The SMILES string of the molecule is C=C(C)C(=O)OCC(CCCCCC)(COC(=O)C(=C)C)C(=O)OCCCCS(=O)(=O)O.[KH]. The van der Waals surface area contributed by atoms with Crippen molar-refractivity contribution in [3.63, 3.8) is 0 Å². The van der Waals surface area contributed by atoms with Gasteiger partial charge in [0.15, 0.2) is 0 Å². The van der Waals surface area contributed by atoms with Crippen LogP contribution in [0.4, 0.5) is 0 Å². The predicted octanol–water partition coefficient (Wildman–Crippen LogP) is 2.74. The average Bonchev–Trinajstić information content (AvgIpc) is 2.70. The Morgan fingerprint density at radius 1 is 0.848 bits per heavy atom. The minimum atomic E-state index is -4.10. The molecule has 33 heavy (non-hydrogen) atoms. The second-order valence-corrected chi connectivity index (χ2v) is 9.51. The van der Waals surface area contributed by atoms with Gasteiger partial charge in [-0.1, -0.05) is 45.8 Å². The Morgan fingerprint density at radius 3 is 1.79 bits per heavy atom. The van der Waals surface area contributed by atoms with Crippen LogP contribution in [0.3, 0.4) is 0 Å². The molecule has 0 amide bonds. The number of hydrogen-bond acceptors (Lipinski definition) is 8. The van der Waals surface area contributed by atoms with Gasteiger partial charge in [0.25, 0.3) is 10.1 Å². The van der Waals surface area contributed by atoms with Crippen LogP contribution in [-0.4, -0.2) is 108 Å². The molecule has 0 bridgehead atoms. The Kier molecular flexibility index (Phi) is 18.7. The van der Waals surface area contributed by atoms with Crippen LogP contribution in [-0.2, 0) is 38.7 Å². The monoisotopic (exact) mass is 516 g/mol. The van der Waals surface area contributed by atoms with Crippen molar-refractivity contribution in [2.24, 2.45) is 5.41 Å². The van der Waals surface area contributed by atoms with E-state index in [1.165, 1.54) is 13.8 Å². The Bertz CT molecular complexity index is 745. The second-order valence-electron chi connectivity index (χ2n) is 7.93. The van der Waals surface area contributed by atoms with Crippen LogP contribution >= 0.6 is 0 Å². The Labute approximate surface area is 239 Å². The number of esters is 3. The first-order valence-electron chi connectivity index (χ1n) is 10.6. The van der Waals surface area contributed by atoms with Crippen LogP contribution in [0.5, 0.6) is 0 Å². The second kappa shape index (κ2) is 17.8. The van der Waals surface area contributed by atoms with Crippen molar-refractivity contribution in [3.8, 4) is 0 Å². The third-order valence-electron chi connectivity index (χ3n) is 4.63. The summed E-state index contributed by atoms with van der Waals surface area (Å²) in [6.45, 7) is 11.2. The maximum absolute atomic E-state index is 13.0. The van der Waals surface area contributed by atoms with E-state index in [9.17, 15) is 22.8 Å². The van der Waals surface area contributed by atoms with E-state index < -0.39 is 39.2 Å². The summed E-state index contributed by atoms with van der Waals surface area (Å²) >= 11 is 0. The fourth-order valence-electron chi connectivity index (χ4n) is 2.65. The van der Waals surface area contributed by atoms with Crippen molar-refractivity contribution in [1.29, 1.82) is 0 Å². The van der Waals surface area contributed by atoms with Crippen LogP contribution in [0.25, 0.3) is 0 Å². The molecular formula is C22H37KO9S. The molecule has 0 heterocycles. The van der Waals surface area contributed by atoms with Gasteiger partial charge in [-0.2, -0.15) is 8.42 Å². The van der Waals surface area contributed by atoms with E-state index in [0.29, 0.717) is 6.42 Å². The fourth-order valence-corrected chi connectivity index (χ4v) is 3.22. The number of carbonyl (C=O) groups excluding carboxylic acids is 3. The van der Waals surface area contributed by atoms with Gasteiger partial charge in [0.1, 0.15) is 18.6 Å². The van der Waals surface area contributed by atoms with Crippen LogP contribution < -0.4 is 0 Å². The molecule has 0 aromatic heterocycles. The van der Waals surface area contributed by atoms with Gasteiger partial charge < -0.3 is 14.2 Å². The Hall–Kier alpha value is -0.564. The normalized spacial score (nSPS) is 11.2. The number of ether oxygens (including phenoxy) is 3. The van der Waals surface area contributed by atoms with Crippen LogP contribution in [0.15, 0.2) is 24.3 Å². The molecule has 0 aromatic carbocycles. The minimum absolute atomic E-state index is 0. The molecule has 0 fully saturated rings. The molecule has 0 atom stereocenters. The zero-order valence-corrected chi connectivity index (χ0v) is 20.1. The summed E-state index contributed by atoms with van der Waals surface area (Å²) in [6, 6.07) is 0. The predicted molar refractivity (Wildman–Crippen MR) is 126 cm³/mol. The van der Waals surface area contributed by atoms with E-state index in [1.54, 1.807) is 0 Å². The summed E-state index contributed by atoms with van der Waals surface area (Å²) in [5.74, 6) is -2.53. The molecule has 0 aliphatic rings. The zero-order valence-electron chi connectivity index (χ0n) is 19.3. The maximum atomic E-state index is 13.0. The summed E-state index contributed by atoms with van der Waals surface area (Å²) in [7, 11) is -4.10. The van der Waals surface area contributed by atoms with Crippen molar-refractivity contribution >= 4 is 79.4 Å². The first-order chi connectivity index (χ1) is 14.8. The third-order valence-corrected chi connectivity index (χ3v) is 5.43. The van der Waals surface area contributed by atoms with Gasteiger partial charge in [-0.05, 0) is 33.1 Å². The van der Waals surface area contributed by atoms with Gasteiger partial charge in [0.2, 0.25) is 0 Å². The first-order valence-corrected chi connectivity index (χ1v) is 12.2. The molecule has 0 rings (SSSR count). The molecule has 0 radical (unpaired) electrons. The zero-order chi connectivity index (χ0) is 24.8. The molecule has 186 valence electrons. The summed E-state index contributed by atoms with van der Waals surface area (Å²) in [5.41, 5.74) is -1.11. The van der Waals surface area contributed by atoms with Gasteiger partial charge in [0, 0.05) is 11.1 Å². The summed E-state index contributed by atoms with van der Waals surface area (Å²) in [4.78, 5) is 36.9. The van der Waals surface area contributed by atoms with Crippen molar-refractivity contribution in [2.75, 3.05) is 25.6 Å². The number of hydrogen-bond donors (Lipinski definition) is 1. The topological polar surface area (TPSA) is 133 Å². The third kappa shape index (κ3) is 15.9. The standard InChI is InChI=1S/C22H36O9S.K.H/c1-6-7-8-9-12-22(15-30-19(23)17(2)3,16-31-20(24)18(4)5)21(25)29-13-10-11-14-32(26,27)28;;/h2,4,6-16H2,1,3,5H3,(H,26,27,28);;. The van der Waals surface area contributed by atoms with Crippen LogP contribution in [0.1, 0.15) is 65.7 Å². The van der Waals surface area contributed by atoms with Crippen LogP contribution in [0.2, 0.25) is 0 Å². The van der Waals surface area contributed by atoms with Crippen molar-refractivity contribution in [1.82, 2.24) is 0 Å². The van der Waals surface area contributed by atoms with E-state index in [2.05, 4.69) is 13.2 Å². The van der Waals surface area contributed by atoms with Gasteiger partial charge in [-0.15, -0.1) is 0 Å². The molecule has 0 aliphatic carbocycles. The molecule has 0 spiro atoms. The molecule has 0 saturated heterocycles. The molecule has 9 nitrogen and oxygen atoms in total. The molecule has 0 aromatic rings. The molecule has 0 aliphatic heterocycles. The van der Waals surface area contributed by atoms with Gasteiger partial charge in [-0.25, -0.2) is 9.59 Å². The summed E-state index contributed by atoms with van der Waals surface area (Å²) < 4.78 is 46.2. The average molecular weight is 517 g/mol. The fraction of sp³-hybridized carbons (Fsp3) is 0.682. The van der Waals surface area contributed by atoms with Crippen molar-refractivity contribution < 1.29 is 41.6 Å². The summed E-state index contributed by atoms with van der Waals surface area (Å²) in [6.07, 6.45) is 3.91. The van der Waals surface area contributed by atoms with E-state index in [4.69, 9.17) is 18.8 Å².